The molecule has 1 aliphatic rings. The minimum absolute atomic E-state index is 0.224. The van der Waals surface area contributed by atoms with E-state index in [9.17, 15) is 4.79 Å². The summed E-state index contributed by atoms with van der Waals surface area (Å²) in [6.45, 7) is 8.21. The van der Waals surface area contributed by atoms with Gasteiger partial charge in [0.25, 0.3) is 5.56 Å². The van der Waals surface area contributed by atoms with Crippen molar-refractivity contribution in [2.75, 3.05) is 23.3 Å². The van der Waals surface area contributed by atoms with Crippen LogP contribution in [-0.2, 0) is 0 Å². The van der Waals surface area contributed by atoms with Crippen LogP contribution in [0.15, 0.2) is 41.3 Å². The molecule has 1 aromatic carbocycles. The van der Waals surface area contributed by atoms with E-state index in [4.69, 9.17) is 4.98 Å². The van der Waals surface area contributed by atoms with Crippen LogP contribution in [0.4, 0.5) is 17.6 Å². The summed E-state index contributed by atoms with van der Waals surface area (Å²) in [5.74, 6) is 1.90. The van der Waals surface area contributed by atoms with Crippen LogP contribution in [0.2, 0.25) is 0 Å². The molecule has 0 aliphatic carbocycles. The summed E-state index contributed by atoms with van der Waals surface area (Å²) in [6, 6.07) is 9.38. The lowest BCUT2D eigenvalue weighted by atomic mass is 10.00. The summed E-state index contributed by atoms with van der Waals surface area (Å²) < 4.78 is 0. The average molecular weight is 390 g/mol. The number of nitrogens with zero attached hydrogens (tertiary/aromatic N) is 4. The molecule has 0 saturated carbocycles. The van der Waals surface area contributed by atoms with Gasteiger partial charge in [-0.2, -0.15) is 0 Å². The van der Waals surface area contributed by atoms with Gasteiger partial charge in [-0.15, -0.1) is 0 Å². The average Bonchev–Trinajstić information content (AvgIpc) is 2.70. The van der Waals surface area contributed by atoms with Crippen molar-refractivity contribution in [1.82, 2.24) is 19.9 Å². The molecule has 1 fully saturated rings. The summed E-state index contributed by atoms with van der Waals surface area (Å²) >= 11 is 0. The Labute approximate surface area is 170 Å². The van der Waals surface area contributed by atoms with E-state index in [1.54, 1.807) is 6.20 Å². The SMILES string of the molecule is Cc1ccc(Nc2nc(-c3cnc(N4CCC(C)CC4)nc3C)cc(=O)[nH]2)cc1. The highest BCUT2D eigenvalue weighted by atomic mass is 16.1. The number of H-pyrrole nitrogens is 1. The molecule has 2 aromatic heterocycles. The summed E-state index contributed by atoms with van der Waals surface area (Å²) in [6.07, 6.45) is 4.09. The normalized spacial score (nSPS) is 14.8. The minimum Gasteiger partial charge on any atom is -0.341 e. The number of aromatic nitrogens is 4. The van der Waals surface area contributed by atoms with Crippen molar-refractivity contribution < 1.29 is 0 Å². The lowest BCUT2D eigenvalue weighted by molar-refractivity contribution is 0.434. The van der Waals surface area contributed by atoms with Gasteiger partial charge in [0.1, 0.15) is 0 Å². The molecule has 2 N–H and O–H groups in total. The highest BCUT2D eigenvalue weighted by Gasteiger charge is 2.19. The van der Waals surface area contributed by atoms with Crippen LogP contribution in [-0.4, -0.2) is 33.0 Å². The maximum Gasteiger partial charge on any atom is 0.252 e. The number of anilines is 3. The predicted octanol–water partition coefficient (Wildman–Crippen LogP) is 3.82. The highest BCUT2D eigenvalue weighted by Crippen LogP contribution is 2.24. The second-order valence-corrected chi connectivity index (χ2v) is 7.81. The Morgan fingerprint density at radius 3 is 2.52 bits per heavy atom. The van der Waals surface area contributed by atoms with E-state index in [-0.39, 0.29) is 5.56 Å². The van der Waals surface area contributed by atoms with Crippen LogP contribution in [0.1, 0.15) is 31.0 Å². The molecule has 29 heavy (non-hydrogen) atoms. The molecule has 0 atom stereocenters. The standard InChI is InChI=1S/C22H26N6O/c1-14-4-6-17(7-5-14)25-21-26-19(12-20(29)27-21)18-13-23-22(24-16(18)3)28-10-8-15(2)9-11-28/h4-7,12-13,15H,8-11H2,1-3H3,(H2,25,26,27,29). The fourth-order valence-electron chi connectivity index (χ4n) is 3.50. The first kappa shape index (κ1) is 19.1. The van der Waals surface area contributed by atoms with E-state index in [1.165, 1.54) is 11.6 Å². The number of rotatable bonds is 4. The van der Waals surface area contributed by atoms with E-state index in [0.29, 0.717) is 11.6 Å². The summed E-state index contributed by atoms with van der Waals surface area (Å²) in [7, 11) is 0. The number of hydrogen-bond donors (Lipinski definition) is 2. The van der Waals surface area contributed by atoms with Gasteiger partial charge in [-0.1, -0.05) is 24.6 Å². The maximum absolute atomic E-state index is 12.2. The summed E-state index contributed by atoms with van der Waals surface area (Å²) in [4.78, 5) is 31.0. The molecule has 3 aromatic rings. The first-order valence-corrected chi connectivity index (χ1v) is 10.0. The fourth-order valence-corrected chi connectivity index (χ4v) is 3.50. The third kappa shape index (κ3) is 4.45. The van der Waals surface area contributed by atoms with Crippen LogP contribution in [0.25, 0.3) is 11.3 Å². The monoisotopic (exact) mass is 390 g/mol. The van der Waals surface area contributed by atoms with Crippen LogP contribution >= 0.6 is 0 Å². The van der Waals surface area contributed by atoms with E-state index >= 15 is 0 Å². The maximum atomic E-state index is 12.2. The minimum atomic E-state index is -0.224. The molecule has 0 bridgehead atoms. The first-order valence-electron chi connectivity index (χ1n) is 10.0. The van der Waals surface area contributed by atoms with E-state index in [1.807, 2.05) is 38.1 Å². The Balaban J connectivity index is 1.60. The number of aromatic amines is 1. The van der Waals surface area contributed by atoms with Crippen LogP contribution in [0, 0.1) is 19.8 Å². The molecule has 0 unspecified atom stereocenters. The second-order valence-electron chi connectivity index (χ2n) is 7.81. The number of hydrogen-bond acceptors (Lipinski definition) is 6. The first-order chi connectivity index (χ1) is 14.0. The zero-order valence-corrected chi connectivity index (χ0v) is 17.1. The molecule has 7 nitrogen and oxygen atoms in total. The van der Waals surface area contributed by atoms with Crippen LogP contribution in [0.3, 0.4) is 0 Å². The smallest absolute Gasteiger partial charge is 0.252 e. The predicted molar refractivity (Wildman–Crippen MR) is 116 cm³/mol. The van der Waals surface area contributed by atoms with Crippen LogP contribution in [0.5, 0.6) is 0 Å². The third-order valence-electron chi connectivity index (χ3n) is 5.37. The Bertz CT molecular complexity index is 1050. The van der Waals surface area contributed by atoms with Crippen molar-refractivity contribution in [2.45, 2.75) is 33.6 Å². The summed E-state index contributed by atoms with van der Waals surface area (Å²) in [5.41, 5.74) is 3.93. The Kier molecular flexibility index (Phi) is 5.29. The van der Waals surface area contributed by atoms with Crippen LogP contribution < -0.4 is 15.8 Å². The van der Waals surface area contributed by atoms with Gasteiger partial charge in [0, 0.05) is 36.6 Å². The van der Waals surface area contributed by atoms with Crippen molar-refractivity contribution >= 4 is 17.6 Å². The highest BCUT2D eigenvalue weighted by molar-refractivity contribution is 5.64. The molecule has 1 aliphatic heterocycles. The third-order valence-corrected chi connectivity index (χ3v) is 5.37. The molecule has 0 spiro atoms. The van der Waals surface area contributed by atoms with Gasteiger partial charge < -0.3 is 10.2 Å². The van der Waals surface area contributed by atoms with Gasteiger partial charge in [-0.05, 0) is 44.7 Å². The molecule has 0 amide bonds. The molecule has 3 heterocycles. The van der Waals surface area contributed by atoms with Gasteiger partial charge in [0.15, 0.2) is 0 Å². The van der Waals surface area contributed by atoms with Gasteiger partial charge in [0.2, 0.25) is 11.9 Å². The van der Waals surface area contributed by atoms with Gasteiger partial charge in [0.05, 0.1) is 11.4 Å². The quantitative estimate of drug-likeness (QED) is 0.704. The fraction of sp³-hybridized carbons (Fsp3) is 0.364. The molecule has 1 saturated heterocycles. The number of aryl methyl sites for hydroxylation is 2. The van der Waals surface area contributed by atoms with Gasteiger partial charge in [-0.3, -0.25) is 9.78 Å². The number of piperidine rings is 1. The summed E-state index contributed by atoms with van der Waals surface area (Å²) in [5, 5.41) is 3.15. The molecular formula is C22H26N6O. The lowest BCUT2D eigenvalue weighted by Crippen LogP contribution is -2.34. The Morgan fingerprint density at radius 1 is 1.10 bits per heavy atom. The molecule has 0 radical (unpaired) electrons. The Morgan fingerprint density at radius 2 is 1.83 bits per heavy atom. The zero-order valence-electron chi connectivity index (χ0n) is 17.1. The van der Waals surface area contributed by atoms with Crippen molar-refractivity contribution in [3.8, 4) is 11.3 Å². The van der Waals surface area contributed by atoms with E-state index in [0.717, 1.165) is 54.7 Å². The zero-order chi connectivity index (χ0) is 20.4. The van der Waals surface area contributed by atoms with Crippen molar-refractivity contribution in [3.05, 3.63) is 58.1 Å². The number of nitrogens with one attached hydrogen (secondary N) is 2. The molecule has 4 rings (SSSR count). The molecule has 150 valence electrons. The molecule has 7 heteroatoms. The van der Waals surface area contributed by atoms with Crippen molar-refractivity contribution in [2.24, 2.45) is 5.92 Å². The second kappa shape index (κ2) is 8.03. The van der Waals surface area contributed by atoms with E-state index < -0.39 is 0 Å². The number of benzene rings is 1. The topological polar surface area (TPSA) is 86.8 Å². The van der Waals surface area contributed by atoms with Gasteiger partial charge in [-0.25, -0.2) is 15.0 Å². The van der Waals surface area contributed by atoms with Crippen molar-refractivity contribution in [3.63, 3.8) is 0 Å². The largest absolute Gasteiger partial charge is 0.341 e. The van der Waals surface area contributed by atoms with Crippen molar-refractivity contribution in [1.29, 1.82) is 0 Å². The van der Waals surface area contributed by atoms with Gasteiger partial charge >= 0.3 is 0 Å². The van der Waals surface area contributed by atoms with E-state index in [2.05, 4.69) is 32.1 Å². The Hall–Kier alpha value is -3.22. The lowest BCUT2D eigenvalue weighted by Gasteiger charge is -2.30. The molecular weight excluding hydrogens is 364 g/mol.